The van der Waals surface area contributed by atoms with Gasteiger partial charge in [-0.05, 0) is 19.1 Å². The molecule has 0 aliphatic carbocycles. The predicted molar refractivity (Wildman–Crippen MR) is 87.5 cm³/mol. The summed E-state index contributed by atoms with van der Waals surface area (Å²) in [7, 11) is 0. The molecule has 0 atom stereocenters. The van der Waals surface area contributed by atoms with Crippen molar-refractivity contribution >= 4 is 28.1 Å². The Bertz CT molecular complexity index is 986. The van der Waals surface area contributed by atoms with E-state index in [0.717, 1.165) is 10.7 Å². The molecule has 118 valence electrons. The summed E-state index contributed by atoms with van der Waals surface area (Å²) in [6.07, 6.45) is 0. The van der Waals surface area contributed by atoms with Crippen LogP contribution in [0.3, 0.4) is 0 Å². The van der Waals surface area contributed by atoms with Gasteiger partial charge in [0.1, 0.15) is 11.6 Å². The number of benzene rings is 1. The van der Waals surface area contributed by atoms with Gasteiger partial charge in [0, 0.05) is 11.1 Å². The van der Waals surface area contributed by atoms with Crippen LogP contribution in [-0.4, -0.2) is 20.4 Å². The van der Waals surface area contributed by atoms with Crippen molar-refractivity contribution in [2.45, 2.75) is 20.0 Å². The molecular weight excluding hydrogens is 316 g/mol. The monoisotopic (exact) mass is 330 g/mol. The second kappa shape index (κ2) is 6.17. The number of para-hydroxylation sites is 1. The van der Waals surface area contributed by atoms with Gasteiger partial charge >= 0.3 is 5.69 Å². The van der Waals surface area contributed by atoms with Crippen molar-refractivity contribution in [3.8, 4) is 0 Å². The molecule has 0 aliphatic heterocycles. The number of amides is 1. The molecule has 1 amide bonds. The van der Waals surface area contributed by atoms with E-state index in [0.29, 0.717) is 17.4 Å². The smallest absolute Gasteiger partial charge is 0.329 e. The molecule has 2 heterocycles. The van der Waals surface area contributed by atoms with Gasteiger partial charge in [0.2, 0.25) is 5.91 Å². The Kier molecular flexibility index (Phi) is 4.07. The highest BCUT2D eigenvalue weighted by atomic mass is 32.1. The van der Waals surface area contributed by atoms with Crippen molar-refractivity contribution in [1.82, 2.24) is 19.9 Å². The van der Waals surface area contributed by atoms with Gasteiger partial charge in [-0.1, -0.05) is 12.1 Å². The molecule has 3 rings (SSSR count). The zero-order valence-corrected chi connectivity index (χ0v) is 13.1. The molecule has 0 saturated carbocycles. The van der Waals surface area contributed by atoms with Crippen LogP contribution in [0, 0.1) is 6.92 Å². The van der Waals surface area contributed by atoms with E-state index in [1.165, 1.54) is 15.9 Å². The molecule has 3 aromatic rings. The van der Waals surface area contributed by atoms with E-state index in [2.05, 4.69) is 15.3 Å². The van der Waals surface area contributed by atoms with Crippen LogP contribution in [0.25, 0.3) is 10.9 Å². The molecule has 7 nitrogen and oxygen atoms in total. The number of nitrogens with one attached hydrogen (secondary N) is 2. The van der Waals surface area contributed by atoms with Crippen LogP contribution >= 0.6 is 11.3 Å². The van der Waals surface area contributed by atoms with E-state index < -0.39 is 11.2 Å². The molecule has 0 bridgehead atoms. The minimum atomic E-state index is -0.603. The lowest BCUT2D eigenvalue weighted by molar-refractivity contribution is -0.121. The maximum atomic E-state index is 12.1. The second-order valence-corrected chi connectivity index (χ2v) is 5.96. The van der Waals surface area contributed by atoms with Crippen LogP contribution in [0.15, 0.2) is 39.2 Å². The van der Waals surface area contributed by atoms with Gasteiger partial charge in [-0.3, -0.25) is 19.1 Å². The molecule has 2 N–H and O–H groups in total. The van der Waals surface area contributed by atoms with Gasteiger partial charge in [-0.15, -0.1) is 11.3 Å². The standard InChI is InChI=1S/C15H14N4O3S/c1-9-8-23-13(17-9)6-16-12(20)7-19-11-5-3-2-4-10(11)14(21)18-15(19)22/h2-5,8H,6-7H2,1H3,(H,16,20)(H,18,21,22). The van der Waals surface area contributed by atoms with Gasteiger partial charge in [0.15, 0.2) is 0 Å². The van der Waals surface area contributed by atoms with Crippen LogP contribution in [0.2, 0.25) is 0 Å². The van der Waals surface area contributed by atoms with Gasteiger partial charge in [0.05, 0.1) is 17.4 Å². The number of carbonyl (C=O) groups is 1. The first-order chi connectivity index (χ1) is 11.0. The maximum absolute atomic E-state index is 12.1. The Labute approximate surface area is 134 Å². The second-order valence-electron chi connectivity index (χ2n) is 5.02. The number of hydrogen-bond donors (Lipinski definition) is 2. The average molecular weight is 330 g/mol. The largest absolute Gasteiger partial charge is 0.348 e. The third kappa shape index (κ3) is 3.21. The Morgan fingerprint density at radius 3 is 2.87 bits per heavy atom. The normalized spacial score (nSPS) is 10.8. The van der Waals surface area contributed by atoms with E-state index >= 15 is 0 Å². The van der Waals surface area contributed by atoms with Crippen molar-refractivity contribution in [3.05, 3.63) is 61.2 Å². The summed E-state index contributed by atoms with van der Waals surface area (Å²) in [4.78, 5) is 42.3. The third-order valence-electron chi connectivity index (χ3n) is 3.31. The fourth-order valence-electron chi connectivity index (χ4n) is 2.26. The average Bonchev–Trinajstić information content (AvgIpc) is 2.95. The minimum Gasteiger partial charge on any atom is -0.348 e. The maximum Gasteiger partial charge on any atom is 0.329 e. The molecule has 23 heavy (non-hydrogen) atoms. The van der Waals surface area contributed by atoms with Crippen LogP contribution in [0.5, 0.6) is 0 Å². The first kappa shape index (κ1) is 15.2. The van der Waals surface area contributed by atoms with Crippen molar-refractivity contribution in [1.29, 1.82) is 0 Å². The number of aromatic nitrogens is 3. The Hall–Kier alpha value is -2.74. The molecular formula is C15H14N4O3S. The summed E-state index contributed by atoms with van der Waals surface area (Å²) in [5.41, 5.74) is 0.276. The van der Waals surface area contributed by atoms with Gasteiger partial charge in [-0.2, -0.15) is 0 Å². The zero-order chi connectivity index (χ0) is 16.4. The molecule has 0 spiro atoms. The summed E-state index contributed by atoms with van der Waals surface area (Å²) in [5.74, 6) is -0.322. The summed E-state index contributed by atoms with van der Waals surface area (Å²) < 4.78 is 1.25. The lowest BCUT2D eigenvalue weighted by Crippen LogP contribution is -2.36. The van der Waals surface area contributed by atoms with Crippen LogP contribution in [0.4, 0.5) is 0 Å². The number of nitrogens with zero attached hydrogens (tertiary/aromatic N) is 2. The van der Waals surface area contributed by atoms with Gasteiger partial charge in [0.25, 0.3) is 5.56 Å². The quantitative estimate of drug-likeness (QED) is 0.738. The lowest BCUT2D eigenvalue weighted by Gasteiger charge is -2.09. The lowest BCUT2D eigenvalue weighted by atomic mass is 10.2. The summed E-state index contributed by atoms with van der Waals surface area (Å²) in [6, 6.07) is 6.68. The van der Waals surface area contributed by atoms with E-state index in [-0.39, 0.29) is 12.5 Å². The van der Waals surface area contributed by atoms with E-state index in [4.69, 9.17) is 0 Å². The zero-order valence-electron chi connectivity index (χ0n) is 12.3. The number of aromatic amines is 1. The van der Waals surface area contributed by atoms with Crippen LogP contribution in [0.1, 0.15) is 10.7 Å². The molecule has 8 heteroatoms. The van der Waals surface area contributed by atoms with Gasteiger partial charge in [-0.25, -0.2) is 9.78 Å². The summed E-state index contributed by atoms with van der Waals surface area (Å²) in [5, 5.41) is 5.80. The molecule has 0 unspecified atom stereocenters. The van der Waals surface area contributed by atoms with Crippen molar-refractivity contribution in [2.24, 2.45) is 0 Å². The first-order valence-electron chi connectivity index (χ1n) is 6.94. The number of aryl methyl sites for hydroxylation is 1. The van der Waals surface area contributed by atoms with E-state index in [9.17, 15) is 14.4 Å². The van der Waals surface area contributed by atoms with Crippen molar-refractivity contribution < 1.29 is 4.79 Å². The Morgan fingerprint density at radius 1 is 1.35 bits per heavy atom. The summed E-state index contributed by atoms with van der Waals surface area (Å²) >= 11 is 1.46. The Morgan fingerprint density at radius 2 is 2.13 bits per heavy atom. The Balaban J connectivity index is 1.82. The molecule has 0 fully saturated rings. The SMILES string of the molecule is Cc1csc(CNC(=O)Cn2c(=O)[nH]c(=O)c3ccccc32)n1. The number of fused-ring (bicyclic) bond motifs is 1. The highest BCUT2D eigenvalue weighted by Crippen LogP contribution is 2.08. The molecule has 1 aromatic carbocycles. The number of carbonyl (C=O) groups excluding carboxylic acids is 1. The fraction of sp³-hybridized carbons (Fsp3) is 0.200. The number of hydrogen-bond acceptors (Lipinski definition) is 5. The summed E-state index contributed by atoms with van der Waals surface area (Å²) in [6.45, 7) is 2.03. The third-order valence-corrected chi connectivity index (χ3v) is 4.28. The van der Waals surface area contributed by atoms with Crippen LogP contribution in [-0.2, 0) is 17.9 Å². The molecule has 0 aliphatic rings. The molecule has 0 saturated heterocycles. The topological polar surface area (TPSA) is 96.9 Å². The number of thiazole rings is 1. The van der Waals surface area contributed by atoms with E-state index in [1.807, 2.05) is 12.3 Å². The number of H-pyrrole nitrogens is 1. The highest BCUT2D eigenvalue weighted by molar-refractivity contribution is 7.09. The first-order valence-corrected chi connectivity index (χ1v) is 7.82. The molecule has 2 aromatic heterocycles. The van der Waals surface area contributed by atoms with Crippen molar-refractivity contribution in [3.63, 3.8) is 0 Å². The van der Waals surface area contributed by atoms with Crippen LogP contribution < -0.4 is 16.6 Å². The minimum absolute atomic E-state index is 0.166. The molecule has 0 radical (unpaired) electrons. The highest BCUT2D eigenvalue weighted by Gasteiger charge is 2.11. The predicted octanol–water partition coefficient (Wildman–Crippen LogP) is 0.771. The van der Waals surface area contributed by atoms with E-state index in [1.54, 1.807) is 24.3 Å². The van der Waals surface area contributed by atoms with Crippen molar-refractivity contribution in [2.75, 3.05) is 0 Å². The van der Waals surface area contributed by atoms with Gasteiger partial charge < -0.3 is 5.32 Å². The number of rotatable bonds is 4. The fourth-order valence-corrected chi connectivity index (χ4v) is 2.97.